The first-order valence-corrected chi connectivity index (χ1v) is 6.87. The third-order valence-corrected chi connectivity index (χ3v) is 4.01. The molecule has 3 nitrogen and oxygen atoms in total. The average Bonchev–Trinajstić information content (AvgIpc) is 2.39. The molecule has 0 unspecified atom stereocenters. The molecule has 0 spiro atoms. The summed E-state index contributed by atoms with van der Waals surface area (Å²) in [6.07, 6.45) is 1.69. The molecule has 0 atom stereocenters. The van der Waals surface area contributed by atoms with Crippen molar-refractivity contribution in [3.05, 3.63) is 57.4 Å². The van der Waals surface area contributed by atoms with Crippen molar-refractivity contribution < 1.29 is 0 Å². The molecule has 0 radical (unpaired) electrons. The van der Waals surface area contributed by atoms with Crippen molar-refractivity contribution >= 4 is 37.4 Å². The zero-order valence-corrected chi connectivity index (χ0v) is 11.5. The second-order valence-electron chi connectivity index (χ2n) is 3.68. The fourth-order valence-electron chi connectivity index (χ4n) is 1.64. The highest BCUT2D eigenvalue weighted by Gasteiger charge is 2.07. The number of fused-ring (bicyclic) bond motifs is 1. The van der Waals surface area contributed by atoms with Gasteiger partial charge in [-0.05, 0) is 30.3 Å². The van der Waals surface area contributed by atoms with Gasteiger partial charge in [-0.2, -0.15) is 4.98 Å². The van der Waals surface area contributed by atoms with E-state index in [1.165, 1.54) is 11.3 Å². The van der Waals surface area contributed by atoms with Gasteiger partial charge in [0.05, 0.1) is 11.1 Å². The number of pyridine rings is 1. The maximum absolute atomic E-state index is 11.9. The van der Waals surface area contributed by atoms with E-state index in [1.807, 2.05) is 30.3 Å². The Morgan fingerprint density at radius 2 is 2.06 bits per heavy atom. The Morgan fingerprint density at radius 1 is 1.17 bits per heavy atom. The Hall–Kier alpha value is -1.59. The van der Waals surface area contributed by atoms with Crippen LogP contribution < -0.4 is 5.56 Å². The lowest BCUT2D eigenvalue weighted by Gasteiger charge is -2.01. The monoisotopic (exact) mass is 318 g/mol. The molecule has 2 heterocycles. The minimum Gasteiger partial charge on any atom is -0.267 e. The molecule has 0 aliphatic rings. The van der Waals surface area contributed by atoms with Crippen molar-refractivity contribution in [1.29, 1.82) is 0 Å². The molecule has 88 valence electrons. The molecule has 5 heteroatoms. The number of hydrogen-bond donors (Lipinski definition) is 0. The molecular formula is C13H7BrN2OS. The maximum atomic E-state index is 11.9. The largest absolute Gasteiger partial charge is 0.279 e. The highest BCUT2D eigenvalue weighted by Crippen LogP contribution is 2.26. The van der Waals surface area contributed by atoms with Crippen LogP contribution in [0.2, 0.25) is 0 Å². The van der Waals surface area contributed by atoms with E-state index < -0.39 is 0 Å². The van der Waals surface area contributed by atoms with E-state index in [1.54, 1.807) is 12.3 Å². The van der Waals surface area contributed by atoms with Gasteiger partial charge in [0.2, 0.25) is 0 Å². The van der Waals surface area contributed by atoms with Gasteiger partial charge in [0.15, 0.2) is 0 Å². The van der Waals surface area contributed by atoms with Crippen LogP contribution in [0.4, 0.5) is 0 Å². The second-order valence-corrected chi connectivity index (χ2v) is 5.63. The number of nitrogens with zero attached hydrogens (tertiary/aromatic N) is 2. The van der Waals surface area contributed by atoms with Crippen LogP contribution in [-0.4, -0.2) is 9.97 Å². The van der Waals surface area contributed by atoms with Gasteiger partial charge in [0.1, 0.15) is 5.01 Å². The zero-order valence-electron chi connectivity index (χ0n) is 9.13. The van der Waals surface area contributed by atoms with Crippen molar-refractivity contribution in [2.75, 3.05) is 0 Å². The minimum absolute atomic E-state index is 0.211. The van der Waals surface area contributed by atoms with Crippen LogP contribution in [0.25, 0.3) is 20.8 Å². The van der Waals surface area contributed by atoms with E-state index in [9.17, 15) is 4.79 Å². The van der Waals surface area contributed by atoms with Gasteiger partial charge in [-0.1, -0.05) is 22.0 Å². The van der Waals surface area contributed by atoms with Gasteiger partial charge >= 0.3 is 0 Å². The molecule has 18 heavy (non-hydrogen) atoms. The van der Waals surface area contributed by atoms with Gasteiger partial charge in [-0.25, -0.2) is 0 Å². The van der Waals surface area contributed by atoms with Crippen molar-refractivity contribution in [3.63, 3.8) is 0 Å². The first-order chi connectivity index (χ1) is 8.74. The summed E-state index contributed by atoms with van der Waals surface area (Å²) in [5.41, 5.74) is 0.512. The smallest absolute Gasteiger partial charge is 0.267 e. The number of halogens is 1. The van der Waals surface area contributed by atoms with Gasteiger partial charge in [-0.3, -0.25) is 9.78 Å². The highest BCUT2D eigenvalue weighted by molar-refractivity contribution is 9.10. The van der Waals surface area contributed by atoms with E-state index in [2.05, 4.69) is 25.9 Å². The molecule has 2 aromatic heterocycles. The number of aromatic nitrogens is 2. The molecule has 3 aromatic rings. The lowest BCUT2D eigenvalue weighted by atomic mass is 10.3. The Bertz CT molecular complexity index is 771. The van der Waals surface area contributed by atoms with E-state index in [0.29, 0.717) is 10.4 Å². The molecule has 0 fully saturated rings. The fraction of sp³-hybridized carbons (Fsp3) is 0. The normalized spacial score (nSPS) is 10.7. The van der Waals surface area contributed by atoms with Crippen molar-refractivity contribution in [1.82, 2.24) is 9.97 Å². The quantitative estimate of drug-likeness (QED) is 0.690. The topological polar surface area (TPSA) is 42.9 Å². The van der Waals surface area contributed by atoms with E-state index in [0.717, 1.165) is 14.9 Å². The van der Waals surface area contributed by atoms with Crippen molar-refractivity contribution in [2.45, 2.75) is 0 Å². The van der Waals surface area contributed by atoms with E-state index in [-0.39, 0.29) is 5.56 Å². The first-order valence-electron chi connectivity index (χ1n) is 5.26. The molecule has 3 rings (SSSR count). The summed E-state index contributed by atoms with van der Waals surface area (Å²) in [6.45, 7) is 0. The summed E-state index contributed by atoms with van der Waals surface area (Å²) in [5.74, 6) is 0. The number of hydrogen-bond acceptors (Lipinski definition) is 4. The molecule has 0 aliphatic carbocycles. The molecule has 0 saturated heterocycles. The highest BCUT2D eigenvalue weighted by atomic mass is 79.9. The Morgan fingerprint density at radius 3 is 2.83 bits per heavy atom. The zero-order chi connectivity index (χ0) is 12.5. The molecule has 0 saturated carbocycles. The lowest BCUT2D eigenvalue weighted by molar-refractivity contribution is 1.25. The Labute approximate surface area is 115 Å². The molecule has 0 N–H and O–H groups in total. The maximum Gasteiger partial charge on any atom is 0.279 e. The predicted octanol–water partition coefficient (Wildman–Crippen LogP) is 3.48. The number of rotatable bonds is 1. The summed E-state index contributed by atoms with van der Waals surface area (Å²) in [7, 11) is 0. The Balaban J connectivity index is 2.30. The molecule has 0 bridgehead atoms. The standard InChI is InChI=1S/C13H7BrN2OS/c14-8-4-5-9-11(7-8)18-13(16-12(9)17)10-3-1-2-6-15-10/h1-7H. The second kappa shape index (κ2) is 4.59. The van der Waals surface area contributed by atoms with Crippen molar-refractivity contribution in [3.8, 4) is 10.7 Å². The third kappa shape index (κ3) is 2.07. The summed E-state index contributed by atoms with van der Waals surface area (Å²) in [4.78, 5) is 20.2. The van der Waals surface area contributed by atoms with Crippen LogP contribution in [0.15, 0.2) is 51.9 Å². The van der Waals surface area contributed by atoms with E-state index in [4.69, 9.17) is 0 Å². The van der Waals surface area contributed by atoms with Crippen LogP contribution in [0.3, 0.4) is 0 Å². The third-order valence-electron chi connectivity index (χ3n) is 2.47. The molecule has 0 aliphatic heterocycles. The van der Waals surface area contributed by atoms with Crippen LogP contribution >= 0.6 is 27.3 Å². The summed E-state index contributed by atoms with van der Waals surface area (Å²) in [5, 5.41) is 1.29. The summed E-state index contributed by atoms with van der Waals surface area (Å²) in [6, 6.07) is 11.1. The van der Waals surface area contributed by atoms with Gasteiger partial charge in [0.25, 0.3) is 5.56 Å². The molecule has 0 amide bonds. The van der Waals surface area contributed by atoms with Crippen LogP contribution in [0, 0.1) is 0 Å². The SMILES string of the molecule is O=c1nc(-c2ccccn2)sc2cc(Br)ccc12. The fourth-order valence-corrected chi connectivity index (χ4v) is 3.16. The molecular weight excluding hydrogens is 312 g/mol. The van der Waals surface area contributed by atoms with Gasteiger partial charge in [0, 0.05) is 15.4 Å². The lowest BCUT2D eigenvalue weighted by Crippen LogP contribution is -2.06. The molecule has 1 aromatic carbocycles. The number of benzene rings is 1. The Kier molecular flexibility index (Phi) is 2.93. The van der Waals surface area contributed by atoms with Crippen LogP contribution in [0.1, 0.15) is 0 Å². The summed E-state index contributed by atoms with van der Waals surface area (Å²) < 4.78 is 1.86. The summed E-state index contributed by atoms with van der Waals surface area (Å²) >= 11 is 4.87. The predicted molar refractivity (Wildman–Crippen MR) is 76.8 cm³/mol. The minimum atomic E-state index is -0.211. The van der Waals surface area contributed by atoms with Crippen LogP contribution in [0.5, 0.6) is 0 Å². The first kappa shape index (κ1) is 11.5. The van der Waals surface area contributed by atoms with Gasteiger partial charge < -0.3 is 0 Å². The van der Waals surface area contributed by atoms with E-state index >= 15 is 0 Å². The van der Waals surface area contributed by atoms with Crippen molar-refractivity contribution in [2.24, 2.45) is 0 Å². The average molecular weight is 319 g/mol. The van der Waals surface area contributed by atoms with Crippen LogP contribution in [-0.2, 0) is 0 Å². The van der Waals surface area contributed by atoms with Gasteiger partial charge in [-0.15, -0.1) is 11.3 Å².